The van der Waals surface area contributed by atoms with Crippen molar-refractivity contribution in [2.45, 2.75) is 119 Å². The number of nitrogens with one attached hydrogen (secondary N) is 1. The number of hydrogen-bond donors (Lipinski definition) is 4. The molecule has 14 heterocycles. The number of imidazole rings is 5. The Bertz CT molecular complexity index is 7410. The van der Waals surface area contributed by atoms with Gasteiger partial charge in [-0.05, 0) is 174 Å². The molecule has 0 unspecified atom stereocenters. The Balaban J connectivity index is 0.000000135. The molecule has 133 heavy (non-hydrogen) atoms. The number of aromatic amines is 1. The van der Waals surface area contributed by atoms with E-state index < -0.39 is 14.3 Å². The Morgan fingerprint density at radius 3 is 1.06 bits per heavy atom. The van der Waals surface area contributed by atoms with Crippen molar-refractivity contribution in [2.75, 3.05) is 7.15 Å². The first-order valence-electron chi connectivity index (χ1n) is 44.3. The van der Waals surface area contributed by atoms with Crippen LogP contribution < -0.4 is 5.46 Å². The molecule has 1 radical (unpaired) electrons. The second-order valence-electron chi connectivity index (χ2n) is 33.2. The van der Waals surface area contributed by atoms with Gasteiger partial charge in [-0.25, -0.2) is 24.9 Å². The Labute approximate surface area is 806 Å². The van der Waals surface area contributed by atoms with Crippen LogP contribution in [0.15, 0.2) is 336 Å². The van der Waals surface area contributed by atoms with Crippen molar-refractivity contribution in [2.24, 2.45) is 4.30 Å². The minimum atomic E-state index is -1.37. The fraction of sp³-hybridized carbons (Fsp3) is 0.178. The number of thiol groups is 1. The van der Waals surface area contributed by atoms with Crippen molar-refractivity contribution in [3.8, 4) is 33.9 Å². The quantitative estimate of drug-likeness (QED) is 0.0567. The summed E-state index contributed by atoms with van der Waals surface area (Å²) in [5.41, 5.74) is 22.5. The summed E-state index contributed by atoms with van der Waals surface area (Å²) in [4.78, 5) is 47.1. The van der Waals surface area contributed by atoms with E-state index in [1.165, 1.54) is 92.6 Å². The molecule has 0 aliphatic heterocycles. The third kappa shape index (κ3) is 20.8. The molecule has 26 heteroatoms. The number of hydrogen-bond acceptors (Lipinski definition) is 14. The summed E-state index contributed by atoms with van der Waals surface area (Å²) in [7, 11) is 1.96. The number of nitrogens with zero attached hydrogens (tertiary/aromatic N) is 15. The predicted octanol–water partition coefficient (Wildman–Crippen LogP) is 27.0. The molecule has 5 N–H and O–H groups in total. The molecule has 669 valence electrons. The maximum atomic E-state index is 9.96. The monoisotopic (exact) mass is 1970 g/mol. The van der Waals surface area contributed by atoms with Crippen molar-refractivity contribution in [1.82, 2.24) is 72.4 Å². The van der Waals surface area contributed by atoms with E-state index in [-0.39, 0.29) is 5.48 Å². The zero-order valence-electron chi connectivity index (χ0n) is 76.9. The number of H-pyrrole nitrogens is 1. The predicted molar refractivity (Wildman–Crippen MR) is 563 cm³/mol. The third-order valence-corrected chi connectivity index (χ3v) is 25.5. The molecule has 0 aliphatic carbocycles. The van der Waals surface area contributed by atoms with Crippen LogP contribution in [0.2, 0.25) is 0 Å². The van der Waals surface area contributed by atoms with Crippen LogP contribution in [0.5, 0.6) is 0 Å². The van der Waals surface area contributed by atoms with Crippen molar-refractivity contribution < 1.29 is 21.3 Å². The molecule has 19 nitrogen and oxygen atoms in total. The minimum absolute atomic E-state index is 0. The number of aromatic nitrogens is 15. The van der Waals surface area contributed by atoms with E-state index >= 15 is 0 Å². The fourth-order valence-electron chi connectivity index (χ4n) is 17.2. The van der Waals surface area contributed by atoms with Gasteiger partial charge in [-0.1, -0.05) is 265 Å². The molecule has 0 saturated carbocycles. The number of benzene rings is 8. The van der Waals surface area contributed by atoms with E-state index in [9.17, 15) is 14.4 Å². The van der Waals surface area contributed by atoms with Gasteiger partial charge in [-0.15, -0.1) is 0 Å². The largest absolute Gasteiger partial charge is 0.345 e. The molecule has 0 bridgehead atoms. The SMILES string of the molecule is Brc1ccncc1Br.Brc1cnc2c3ccccc3c3ccncc3n12.CC(C)c1cccc(C(C)C)c1-c1cnc2c3ccccc3c3ccncc3n12.CC(C)c1cccc(C(C)C)c1-c1cnc2c3ccccc3c3ccncc3n12.CC(C)c1cccc(C(C)C)c1B(O)O.O.[2H]CF.[B]=NS.c1ccc(-c2ncc[nH]2)cc1.c1ccc2c(c1)c1ccncc1n1ccnc21. The van der Waals surface area contributed by atoms with Gasteiger partial charge in [-0.2, -0.15) is 0 Å². The van der Waals surface area contributed by atoms with E-state index in [1.807, 2.05) is 160 Å². The molecule has 8 aromatic carbocycles. The van der Waals surface area contributed by atoms with Crippen LogP contribution in [0.1, 0.15) is 153 Å². The van der Waals surface area contributed by atoms with Gasteiger partial charge in [0, 0.05) is 126 Å². The first-order valence-corrected chi connectivity index (χ1v) is 46.3. The van der Waals surface area contributed by atoms with Crippen molar-refractivity contribution in [1.29, 1.82) is 0 Å². The van der Waals surface area contributed by atoms with Crippen LogP contribution in [-0.2, 0) is 0 Å². The summed E-state index contributed by atoms with van der Waals surface area (Å²) in [6, 6.07) is 73.2. The third-order valence-electron chi connectivity index (χ3n) is 23.1. The second-order valence-corrected chi connectivity index (χ2v) is 36.0. The molecule has 0 saturated heterocycles. The van der Waals surface area contributed by atoms with Crippen LogP contribution in [0.25, 0.3) is 143 Å². The zero-order chi connectivity index (χ0) is 94.1. The van der Waals surface area contributed by atoms with Crippen LogP contribution in [0, 0.1) is 0 Å². The van der Waals surface area contributed by atoms with Crippen LogP contribution >= 0.6 is 60.6 Å². The molecule has 22 aromatic rings. The summed E-state index contributed by atoms with van der Waals surface area (Å²) in [6.07, 6.45) is 31.9. The zero-order valence-corrected chi connectivity index (χ0v) is 81.6. The van der Waals surface area contributed by atoms with E-state index in [0.29, 0.717) is 41.0 Å². The van der Waals surface area contributed by atoms with Gasteiger partial charge in [0.2, 0.25) is 0 Å². The normalized spacial score (nSPS) is 11.2. The molecule has 0 fully saturated rings. The molecule has 0 spiro atoms. The average Bonchev–Trinajstić information content (AvgIpc) is 1.58. The Morgan fingerprint density at radius 1 is 0.368 bits per heavy atom. The molecular formula is C107H103B2Br3FN16O3S. The Morgan fingerprint density at radius 2 is 0.699 bits per heavy atom. The number of alkyl halides is 1. The van der Waals surface area contributed by atoms with Crippen LogP contribution in [0.4, 0.5) is 4.39 Å². The molecule has 14 aromatic heterocycles. The van der Waals surface area contributed by atoms with E-state index in [4.69, 9.17) is 11.3 Å². The summed E-state index contributed by atoms with van der Waals surface area (Å²) >= 11 is 13.3. The van der Waals surface area contributed by atoms with Gasteiger partial charge < -0.3 is 20.5 Å². The fourth-order valence-corrected chi connectivity index (χ4v) is 18.1. The topological polar surface area (TPSA) is 247 Å². The standard InChI is InChI=1S/2C26H25N3.C14H8BrN3.C14H9N3.C12H19BO2.C9H8N2.C5H3Br2N.CH3F.BHNS.H2O/c2*1-16(2)18-10-7-11-19(17(3)4)25(18)24-15-28-26-22-9-6-5-8-20(22)21-12-13-27-14-23(21)29(24)26;15-13-8-17-14-11-4-2-1-3-9(11)10-5-6-16-7-12(10)18(13)14;1-2-4-12-10(3-1)11-5-6-15-9-13(11)17-8-7-16-14(12)17;1-8(2)10-6-5-7-11(9(3)4)12(10)13(14)15;1-2-4-8(5-3-1)9-10-6-7-11-9;6-4-1-2-8-3-5(4)7;1-2;1-2-3;/h2*5-17H,1-4H3;1-8H;1-9H;5-9,14-15H,1-4H3;1-7H,(H,10,11);1-3H;1H3;3H;1H2/i;;;;;;;1D;;. The smallest absolute Gasteiger partial charge is 0.145 e. The van der Waals surface area contributed by atoms with Gasteiger partial charge >= 0.3 is 31.9 Å². The Hall–Kier alpha value is -12.9. The first kappa shape index (κ1) is 96.2. The maximum Gasteiger partial charge on any atom is 0.145 e. The number of pyridine rings is 9. The molecular weight excluding hydrogens is 1870 g/mol. The van der Waals surface area contributed by atoms with E-state index in [1.54, 1.807) is 18.6 Å². The average molecular weight is 1970 g/mol. The van der Waals surface area contributed by atoms with E-state index in [0.717, 1.165) is 97.5 Å². The molecule has 0 amide bonds. The molecule has 0 atom stereocenters. The number of halogens is 4. The van der Waals surface area contributed by atoms with Gasteiger partial charge in [0.25, 0.3) is 0 Å². The minimum Gasteiger partial charge on any atom is -0.345 e. The number of fused-ring (bicyclic) bond motifs is 24. The van der Waals surface area contributed by atoms with Gasteiger partial charge in [0.1, 0.15) is 33.0 Å². The van der Waals surface area contributed by atoms with Gasteiger partial charge in [0.05, 0.1) is 89.8 Å². The Kier molecular flexibility index (Phi) is 32.5. The number of rotatable bonds is 10. The van der Waals surface area contributed by atoms with Crippen molar-refractivity contribution >= 4 is 190 Å². The summed E-state index contributed by atoms with van der Waals surface area (Å²) in [6.45, 7) is 26.4. The van der Waals surface area contributed by atoms with Gasteiger partial charge in [0.15, 0.2) is 0 Å². The summed E-state index contributed by atoms with van der Waals surface area (Å²) in [5.74, 6) is 3.25. The van der Waals surface area contributed by atoms with Crippen molar-refractivity contribution in [3.63, 3.8) is 0 Å². The van der Waals surface area contributed by atoms with Gasteiger partial charge in [-0.3, -0.25) is 46.9 Å². The van der Waals surface area contributed by atoms with E-state index in [2.05, 4.69) is 358 Å². The second kappa shape index (κ2) is 45.0. The van der Waals surface area contributed by atoms with Crippen LogP contribution in [0.3, 0.4) is 0 Å². The van der Waals surface area contributed by atoms with Crippen LogP contribution in [-0.4, -0.2) is 110 Å². The van der Waals surface area contributed by atoms with Crippen molar-refractivity contribution in [3.05, 3.63) is 365 Å². The maximum absolute atomic E-state index is 9.96. The summed E-state index contributed by atoms with van der Waals surface area (Å²) in [5, 5.41) is 33.2. The summed E-state index contributed by atoms with van der Waals surface area (Å²) < 4.78 is 29.9. The molecule has 22 rings (SSSR count). The first-order chi connectivity index (χ1) is 64.5. The molecule has 0 aliphatic rings.